The third-order valence-corrected chi connectivity index (χ3v) is 1.90. The Hall–Kier alpha value is -0.00312. The van der Waals surface area contributed by atoms with Crippen molar-refractivity contribution in [3.63, 3.8) is 0 Å². The van der Waals surface area contributed by atoms with E-state index in [-0.39, 0.29) is 0 Å². The second-order valence-corrected chi connectivity index (χ2v) is 8.91. The smallest absolute Gasteiger partial charge is 0.164 e. The fourth-order valence-corrected chi connectivity index (χ4v) is 0.743. The molecule has 0 aromatic rings. The zero-order chi connectivity index (χ0) is 5.91. The van der Waals surface area contributed by atoms with Gasteiger partial charge in [0.2, 0.25) is 0 Å². The van der Waals surface area contributed by atoms with Crippen molar-refractivity contribution in [2.45, 2.75) is 19.1 Å². The first-order valence-corrected chi connectivity index (χ1v) is 6.34. The summed E-state index contributed by atoms with van der Waals surface area (Å²) in [4.78, 5) is 0. The van der Waals surface area contributed by atoms with Crippen molar-refractivity contribution < 1.29 is 0 Å². The second-order valence-electron chi connectivity index (χ2n) is 2.05. The lowest BCUT2D eigenvalue weighted by atomic mass is 10.9. The van der Waals surface area contributed by atoms with Gasteiger partial charge in [-0.05, 0) is 0 Å². The zero-order valence-electron chi connectivity index (χ0n) is 4.53. The van der Waals surface area contributed by atoms with Crippen LogP contribution >= 0.6 is 11.1 Å². The molecule has 0 amide bonds. The molecular weight excluding hydrogens is 126 g/mol. The summed E-state index contributed by atoms with van der Waals surface area (Å²) in [5, 5.41) is 8.10. The first kappa shape index (κ1) is 7.00. The van der Waals surface area contributed by atoms with Crippen LogP contribution in [0.25, 0.3) is 0 Å². The van der Waals surface area contributed by atoms with Crippen LogP contribution in [-0.2, 0) is 0 Å². The molecule has 1 nitrogen and oxygen atoms in total. The van der Waals surface area contributed by atoms with Gasteiger partial charge in [-0.15, -0.1) is 0 Å². The highest BCUT2D eigenvalue weighted by molar-refractivity contribution is 7.19. The summed E-state index contributed by atoms with van der Waals surface area (Å²) in [6.45, 7) is 3.91. The minimum atomic E-state index is -1.55. The van der Waals surface area contributed by atoms with Crippen molar-refractivity contribution in [2.75, 3.05) is 0 Å². The van der Waals surface area contributed by atoms with Crippen molar-refractivity contribution in [1.82, 2.24) is 0 Å². The van der Waals surface area contributed by atoms with E-state index in [0.29, 0.717) is 6.04 Å². The van der Waals surface area contributed by atoms with Crippen LogP contribution in [0.5, 0.6) is 0 Å². The summed E-state index contributed by atoms with van der Waals surface area (Å²) in [5.41, 5.74) is 0. The highest BCUT2D eigenvalue weighted by Crippen LogP contribution is 2.11. The summed E-state index contributed by atoms with van der Waals surface area (Å²) in [6, 6.07) is 2.59. The number of rotatable bonds is 1. The molecule has 0 aliphatic heterocycles. The quantitative estimate of drug-likeness (QED) is 0.396. The number of hydrogen-bond donors (Lipinski definition) is 0. The van der Waals surface area contributed by atoms with Gasteiger partial charge in [0.1, 0.15) is 0 Å². The molecule has 0 radical (unpaired) electrons. The fourth-order valence-electron chi connectivity index (χ4n) is 0.188. The van der Waals surface area contributed by atoms with Crippen LogP contribution in [-0.4, -0.2) is 7.38 Å². The predicted molar refractivity (Wildman–Crippen MR) is 33.8 cm³/mol. The fraction of sp³-hybridized carbons (Fsp3) is 0.750. The van der Waals surface area contributed by atoms with Gasteiger partial charge in [-0.3, -0.25) is 0 Å². The summed E-state index contributed by atoms with van der Waals surface area (Å²) >= 11 is 5.75. The van der Waals surface area contributed by atoms with Gasteiger partial charge < -0.3 is 0 Å². The molecule has 0 saturated heterocycles. The van der Waals surface area contributed by atoms with E-state index in [2.05, 4.69) is 0 Å². The lowest BCUT2D eigenvalue weighted by Crippen LogP contribution is -2.13. The first-order chi connectivity index (χ1) is 3.06. The topological polar surface area (TPSA) is 23.8 Å². The molecule has 0 aliphatic carbocycles. The Morgan fingerprint density at radius 1 is 1.71 bits per heavy atom. The minimum Gasteiger partial charge on any atom is -0.199 e. The summed E-state index contributed by atoms with van der Waals surface area (Å²) in [7, 11) is -1.55. The molecule has 0 saturated carbocycles. The van der Waals surface area contributed by atoms with E-state index in [1.165, 1.54) is 0 Å². The van der Waals surface area contributed by atoms with Gasteiger partial charge in [0.05, 0.1) is 6.07 Å². The number of hydrogen-bond acceptors (Lipinski definition) is 1. The maximum Gasteiger partial charge on any atom is 0.164 e. The summed E-state index contributed by atoms with van der Waals surface area (Å²) < 4.78 is 0. The Morgan fingerprint density at radius 2 is 2.14 bits per heavy atom. The van der Waals surface area contributed by atoms with Crippen LogP contribution in [0.4, 0.5) is 0 Å². The molecule has 0 aliphatic rings. The van der Waals surface area contributed by atoms with E-state index in [0.717, 1.165) is 0 Å². The van der Waals surface area contributed by atoms with Crippen LogP contribution in [0.15, 0.2) is 0 Å². The molecule has 0 bridgehead atoms. The summed E-state index contributed by atoms with van der Waals surface area (Å²) in [6.07, 6.45) is 0. The first-order valence-electron chi connectivity index (χ1n) is 2.12. The lowest BCUT2D eigenvalue weighted by Gasteiger charge is -2.03. The number of halogens is 1. The monoisotopic (exact) mass is 133 g/mol. The van der Waals surface area contributed by atoms with Crippen LogP contribution < -0.4 is 0 Å². The third-order valence-electron chi connectivity index (χ3n) is 0.499. The van der Waals surface area contributed by atoms with Crippen LogP contribution in [0.3, 0.4) is 0 Å². The third kappa shape index (κ3) is 6.00. The van der Waals surface area contributed by atoms with Gasteiger partial charge in [0.25, 0.3) is 0 Å². The average molecular weight is 134 g/mol. The van der Waals surface area contributed by atoms with Gasteiger partial charge in [0, 0.05) is 6.04 Å². The minimum absolute atomic E-state index is 0.550. The van der Waals surface area contributed by atoms with Crippen molar-refractivity contribution in [3.8, 4) is 6.07 Å². The number of nitrogens with zero attached hydrogens (tertiary/aromatic N) is 1. The predicted octanol–water partition coefficient (Wildman–Crippen LogP) is 1.95. The molecular formula is C4H8ClNSi. The normalized spacial score (nSPS) is 10.6. The second kappa shape index (κ2) is 2.34. The Kier molecular flexibility index (Phi) is 2.34. The Labute approximate surface area is 49.6 Å². The van der Waals surface area contributed by atoms with Gasteiger partial charge in [-0.1, -0.05) is 13.1 Å². The largest absolute Gasteiger partial charge is 0.199 e. The molecule has 0 fully saturated rings. The van der Waals surface area contributed by atoms with E-state index in [1.807, 2.05) is 19.2 Å². The molecule has 7 heavy (non-hydrogen) atoms. The van der Waals surface area contributed by atoms with Crippen LogP contribution in [0.2, 0.25) is 19.1 Å². The average Bonchev–Trinajstić information content (AvgIpc) is 1.30. The maximum absolute atomic E-state index is 8.10. The van der Waals surface area contributed by atoms with Crippen molar-refractivity contribution in [2.24, 2.45) is 0 Å². The highest BCUT2D eigenvalue weighted by atomic mass is 35.6. The van der Waals surface area contributed by atoms with E-state index in [1.54, 1.807) is 0 Å². The van der Waals surface area contributed by atoms with Gasteiger partial charge >= 0.3 is 0 Å². The summed E-state index contributed by atoms with van der Waals surface area (Å²) in [5.74, 6) is 0. The Bertz CT molecular complexity index is 88.8. The Morgan fingerprint density at radius 3 is 2.14 bits per heavy atom. The molecule has 0 unspecified atom stereocenters. The number of nitriles is 1. The van der Waals surface area contributed by atoms with E-state index < -0.39 is 7.38 Å². The van der Waals surface area contributed by atoms with Gasteiger partial charge in [0.15, 0.2) is 7.38 Å². The molecule has 0 aromatic carbocycles. The van der Waals surface area contributed by atoms with E-state index in [4.69, 9.17) is 16.3 Å². The molecule has 0 N–H and O–H groups in total. The van der Waals surface area contributed by atoms with E-state index >= 15 is 0 Å². The molecule has 0 spiro atoms. The Balaban J connectivity index is 3.40. The highest BCUT2D eigenvalue weighted by Gasteiger charge is 2.14. The molecule has 0 rings (SSSR count). The van der Waals surface area contributed by atoms with Crippen LogP contribution in [0, 0.1) is 11.3 Å². The standard InChI is InChI=1S/C4H8ClNSi/c1-7(2,5)4-3-6/h4H2,1-2H3. The molecule has 3 heteroatoms. The maximum atomic E-state index is 8.10. The molecule has 0 aromatic heterocycles. The SMILES string of the molecule is C[Si](C)(Cl)CC#N. The van der Waals surface area contributed by atoms with Gasteiger partial charge in [-0.25, -0.2) is 0 Å². The van der Waals surface area contributed by atoms with Crippen molar-refractivity contribution in [3.05, 3.63) is 0 Å². The van der Waals surface area contributed by atoms with Crippen LogP contribution in [0.1, 0.15) is 0 Å². The lowest BCUT2D eigenvalue weighted by molar-refractivity contribution is 1.46. The van der Waals surface area contributed by atoms with Gasteiger partial charge in [-0.2, -0.15) is 16.3 Å². The molecule has 40 valence electrons. The van der Waals surface area contributed by atoms with Crippen molar-refractivity contribution >= 4 is 18.5 Å². The molecule has 0 atom stereocenters. The zero-order valence-corrected chi connectivity index (χ0v) is 6.29. The molecule has 0 heterocycles. The van der Waals surface area contributed by atoms with E-state index in [9.17, 15) is 0 Å². The van der Waals surface area contributed by atoms with Crippen molar-refractivity contribution in [1.29, 1.82) is 5.26 Å².